The minimum Gasteiger partial charge on any atom is -0.344 e. The van der Waals surface area contributed by atoms with Gasteiger partial charge in [0.2, 0.25) is 0 Å². The van der Waals surface area contributed by atoms with E-state index in [2.05, 4.69) is 21.2 Å². The molecule has 5 nitrogen and oxygen atoms in total. The number of carbonyl (C=O) groups excluding carboxylic acids is 1. The van der Waals surface area contributed by atoms with Gasteiger partial charge in [0, 0.05) is 10.9 Å². The fourth-order valence-corrected chi connectivity index (χ4v) is 3.39. The Balaban J connectivity index is 2.24. The number of nitrogens with one attached hydrogen (secondary N) is 1. The third-order valence-electron chi connectivity index (χ3n) is 3.02. The molecule has 0 saturated carbocycles. The van der Waals surface area contributed by atoms with E-state index < -0.39 is 4.92 Å². The lowest BCUT2D eigenvalue weighted by Gasteiger charge is -2.16. The number of halogens is 1. The number of hydrogen-bond donors (Lipinski definition) is 1. The Labute approximate surface area is 134 Å². The number of nitro benzene ring substituents is 1. The van der Waals surface area contributed by atoms with Gasteiger partial charge in [-0.2, -0.15) is 0 Å². The number of carbonyl (C=O) groups is 1. The first kappa shape index (κ1) is 15.7. The van der Waals surface area contributed by atoms with Crippen molar-refractivity contribution in [2.75, 3.05) is 0 Å². The van der Waals surface area contributed by atoms with E-state index in [1.165, 1.54) is 12.1 Å². The second-order valence-electron chi connectivity index (χ2n) is 4.35. The second-order valence-corrected chi connectivity index (χ2v) is 6.12. The maximum Gasteiger partial charge on any atom is 0.284 e. The van der Waals surface area contributed by atoms with Crippen LogP contribution >= 0.6 is 27.3 Å². The van der Waals surface area contributed by atoms with Crippen LogP contribution in [0.15, 0.2) is 40.2 Å². The molecule has 2 rings (SSSR count). The summed E-state index contributed by atoms with van der Waals surface area (Å²) in [5.74, 6) is -0.328. The summed E-state index contributed by atoms with van der Waals surface area (Å²) in [5.41, 5.74) is 0.144. The van der Waals surface area contributed by atoms with Crippen LogP contribution in [0.3, 0.4) is 0 Å². The van der Waals surface area contributed by atoms with Crippen LogP contribution in [0.2, 0.25) is 0 Å². The van der Waals surface area contributed by atoms with E-state index in [1.807, 2.05) is 24.4 Å². The Kier molecular flexibility index (Phi) is 5.08. The number of thiophene rings is 1. The molecule has 0 bridgehead atoms. The van der Waals surface area contributed by atoms with Gasteiger partial charge in [-0.05, 0) is 39.9 Å². The Morgan fingerprint density at radius 1 is 1.43 bits per heavy atom. The molecule has 0 saturated heterocycles. The number of nitrogens with zero attached hydrogens (tertiary/aromatic N) is 1. The molecule has 0 aliphatic rings. The molecule has 1 aromatic heterocycles. The predicted octanol–water partition coefficient (Wildman–Crippen LogP) is 4.30. The fourth-order valence-electron chi connectivity index (χ4n) is 1.94. The van der Waals surface area contributed by atoms with Gasteiger partial charge in [0.25, 0.3) is 11.6 Å². The highest BCUT2D eigenvalue weighted by molar-refractivity contribution is 9.10. The van der Waals surface area contributed by atoms with E-state index in [9.17, 15) is 14.9 Å². The van der Waals surface area contributed by atoms with Gasteiger partial charge >= 0.3 is 0 Å². The van der Waals surface area contributed by atoms with Crippen LogP contribution < -0.4 is 5.32 Å². The molecule has 1 N–H and O–H groups in total. The summed E-state index contributed by atoms with van der Waals surface area (Å²) in [6.45, 7) is 1.98. The minimum atomic E-state index is -0.516. The highest BCUT2D eigenvalue weighted by Gasteiger charge is 2.21. The lowest BCUT2D eigenvalue weighted by Crippen LogP contribution is -2.28. The van der Waals surface area contributed by atoms with Gasteiger partial charge in [0.1, 0.15) is 4.47 Å². The quantitative estimate of drug-likeness (QED) is 0.631. The molecule has 0 fully saturated rings. The van der Waals surface area contributed by atoms with Crippen LogP contribution in [-0.4, -0.2) is 10.8 Å². The van der Waals surface area contributed by atoms with Crippen LogP contribution in [0.5, 0.6) is 0 Å². The molecule has 1 amide bonds. The minimum absolute atomic E-state index is 0.0938. The van der Waals surface area contributed by atoms with Gasteiger partial charge in [-0.3, -0.25) is 14.9 Å². The van der Waals surface area contributed by atoms with Crippen molar-refractivity contribution < 1.29 is 9.72 Å². The third kappa shape index (κ3) is 3.48. The van der Waals surface area contributed by atoms with Crippen LogP contribution in [-0.2, 0) is 0 Å². The van der Waals surface area contributed by atoms with E-state index in [0.717, 1.165) is 11.3 Å². The van der Waals surface area contributed by atoms with Crippen molar-refractivity contribution in [2.24, 2.45) is 0 Å². The standard InChI is InChI=1S/C14H13BrN2O3S/c1-2-10(12-7-4-8-21-12)16-14(18)9-5-3-6-11(13(9)15)17(19)20/h3-8,10H,2H2,1H3,(H,16,18). The van der Waals surface area contributed by atoms with Gasteiger partial charge in [-0.15, -0.1) is 11.3 Å². The maximum atomic E-state index is 12.3. The molecule has 0 radical (unpaired) electrons. The largest absolute Gasteiger partial charge is 0.344 e. The Morgan fingerprint density at radius 3 is 2.76 bits per heavy atom. The molecule has 0 aliphatic carbocycles. The van der Waals surface area contributed by atoms with E-state index in [1.54, 1.807) is 17.4 Å². The van der Waals surface area contributed by atoms with E-state index in [-0.39, 0.29) is 27.7 Å². The van der Waals surface area contributed by atoms with Crippen LogP contribution in [0, 0.1) is 10.1 Å². The molecular formula is C14H13BrN2O3S. The molecule has 21 heavy (non-hydrogen) atoms. The molecule has 1 aromatic carbocycles. The lowest BCUT2D eigenvalue weighted by molar-refractivity contribution is -0.385. The first-order valence-corrected chi connectivity index (χ1v) is 7.99. The summed E-state index contributed by atoms with van der Waals surface area (Å²) >= 11 is 4.71. The Bertz CT molecular complexity index is 658. The summed E-state index contributed by atoms with van der Waals surface area (Å²) in [7, 11) is 0. The summed E-state index contributed by atoms with van der Waals surface area (Å²) < 4.78 is 0.202. The average Bonchev–Trinajstić information content (AvgIpc) is 2.98. The van der Waals surface area contributed by atoms with Crippen LogP contribution in [0.1, 0.15) is 34.6 Å². The van der Waals surface area contributed by atoms with E-state index in [0.29, 0.717) is 0 Å². The topological polar surface area (TPSA) is 72.2 Å². The summed E-state index contributed by atoms with van der Waals surface area (Å²) in [6, 6.07) is 8.22. The van der Waals surface area contributed by atoms with Crippen LogP contribution in [0.4, 0.5) is 5.69 Å². The van der Waals surface area contributed by atoms with Gasteiger partial charge < -0.3 is 5.32 Å². The van der Waals surface area contributed by atoms with Crippen molar-refractivity contribution in [3.63, 3.8) is 0 Å². The van der Waals surface area contributed by atoms with Crippen molar-refractivity contribution in [1.29, 1.82) is 0 Å². The van der Waals surface area contributed by atoms with Crippen molar-refractivity contribution in [3.05, 3.63) is 60.7 Å². The number of nitro groups is 1. The van der Waals surface area contributed by atoms with Crippen LogP contribution in [0.25, 0.3) is 0 Å². The van der Waals surface area contributed by atoms with E-state index in [4.69, 9.17) is 0 Å². The Morgan fingerprint density at radius 2 is 2.19 bits per heavy atom. The molecule has 7 heteroatoms. The molecule has 0 aliphatic heterocycles. The zero-order valence-corrected chi connectivity index (χ0v) is 13.6. The van der Waals surface area contributed by atoms with E-state index >= 15 is 0 Å². The van der Waals surface area contributed by atoms with Gasteiger partial charge in [0.05, 0.1) is 16.5 Å². The molecule has 1 heterocycles. The summed E-state index contributed by atoms with van der Waals surface area (Å²) in [4.78, 5) is 23.8. The SMILES string of the molecule is CCC(NC(=O)c1cccc([N+](=O)[O-])c1Br)c1cccs1. The van der Waals surface area contributed by atoms with Gasteiger partial charge in [0.15, 0.2) is 0 Å². The van der Waals surface area contributed by atoms with Gasteiger partial charge in [-0.1, -0.05) is 19.1 Å². The molecule has 0 spiro atoms. The molecule has 110 valence electrons. The van der Waals surface area contributed by atoms with Crippen molar-refractivity contribution in [3.8, 4) is 0 Å². The first-order valence-electron chi connectivity index (χ1n) is 6.31. The van der Waals surface area contributed by atoms with Crippen molar-refractivity contribution >= 4 is 38.9 Å². The monoisotopic (exact) mass is 368 g/mol. The molecule has 1 atom stereocenters. The summed E-state index contributed by atoms with van der Waals surface area (Å²) in [6.07, 6.45) is 0.749. The zero-order chi connectivity index (χ0) is 15.4. The van der Waals surface area contributed by atoms with Crippen molar-refractivity contribution in [2.45, 2.75) is 19.4 Å². The van der Waals surface area contributed by atoms with Crippen molar-refractivity contribution in [1.82, 2.24) is 5.32 Å². The highest BCUT2D eigenvalue weighted by atomic mass is 79.9. The predicted molar refractivity (Wildman–Crippen MR) is 85.6 cm³/mol. The fraction of sp³-hybridized carbons (Fsp3) is 0.214. The second kappa shape index (κ2) is 6.82. The summed E-state index contributed by atoms with van der Waals surface area (Å²) in [5, 5.41) is 15.8. The lowest BCUT2D eigenvalue weighted by atomic mass is 10.1. The number of rotatable bonds is 5. The zero-order valence-electron chi connectivity index (χ0n) is 11.2. The van der Waals surface area contributed by atoms with Gasteiger partial charge in [-0.25, -0.2) is 0 Å². The smallest absolute Gasteiger partial charge is 0.284 e. The Hall–Kier alpha value is -1.73. The number of hydrogen-bond acceptors (Lipinski definition) is 4. The first-order chi connectivity index (χ1) is 10.0. The molecule has 2 aromatic rings. The molecule has 1 unspecified atom stereocenters. The number of amides is 1. The normalized spacial score (nSPS) is 11.9. The molecular weight excluding hydrogens is 356 g/mol. The maximum absolute atomic E-state index is 12.3. The average molecular weight is 369 g/mol. The highest BCUT2D eigenvalue weighted by Crippen LogP contribution is 2.29. The number of benzene rings is 1. The third-order valence-corrected chi connectivity index (χ3v) is 4.84.